The molecule has 0 fully saturated rings. The van der Waals surface area contributed by atoms with Gasteiger partial charge in [0.2, 0.25) is 5.13 Å². The van der Waals surface area contributed by atoms with Crippen molar-refractivity contribution in [1.82, 2.24) is 9.36 Å². The van der Waals surface area contributed by atoms with Crippen molar-refractivity contribution in [3.8, 4) is 0 Å². The van der Waals surface area contributed by atoms with E-state index in [1.165, 1.54) is 16.4 Å². The molecule has 0 N–H and O–H groups in total. The Kier molecular flexibility index (Phi) is 4.68. The zero-order valence-corrected chi connectivity index (χ0v) is 12.4. The highest BCUT2D eigenvalue weighted by molar-refractivity contribution is 7.10. The summed E-state index contributed by atoms with van der Waals surface area (Å²) in [6.07, 6.45) is 0.772. The number of anilines is 1. The molecule has 0 aliphatic rings. The van der Waals surface area contributed by atoms with E-state index in [0.717, 1.165) is 17.4 Å². The first-order chi connectivity index (χ1) is 8.72. The quantitative estimate of drug-likeness (QED) is 0.817. The van der Waals surface area contributed by atoms with Crippen LogP contribution in [-0.2, 0) is 11.2 Å². The Morgan fingerprint density at radius 1 is 1.50 bits per heavy atom. The van der Waals surface area contributed by atoms with E-state index in [1.807, 2.05) is 0 Å². The maximum atomic E-state index is 5.03. The van der Waals surface area contributed by atoms with Gasteiger partial charge in [-0.2, -0.15) is 4.37 Å². The van der Waals surface area contributed by atoms with Gasteiger partial charge in [0, 0.05) is 37.0 Å². The van der Waals surface area contributed by atoms with E-state index in [0.29, 0.717) is 12.6 Å². The number of rotatable bonds is 6. The van der Waals surface area contributed by atoms with Crippen molar-refractivity contribution < 1.29 is 4.74 Å². The lowest BCUT2D eigenvalue weighted by molar-refractivity contribution is 0.201. The van der Waals surface area contributed by atoms with E-state index in [1.54, 1.807) is 18.4 Å². The fourth-order valence-electron chi connectivity index (χ4n) is 1.57. The number of aromatic nitrogens is 2. The Balaban J connectivity index is 2.04. The van der Waals surface area contributed by atoms with Crippen molar-refractivity contribution in [2.24, 2.45) is 0 Å². The molecule has 0 aliphatic heterocycles. The molecule has 2 aromatic heterocycles. The predicted octanol–water partition coefficient (Wildman–Crippen LogP) is 2.99. The smallest absolute Gasteiger partial charge is 0.205 e. The molecule has 0 saturated carbocycles. The van der Waals surface area contributed by atoms with Crippen molar-refractivity contribution in [3.05, 3.63) is 28.2 Å². The van der Waals surface area contributed by atoms with Crippen LogP contribution in [0.25, 0.3) is 0 Å². The van der Waals surface area contributed by atoms with Crippen molar-refractivity contribution in [2.45, 2.75) is 19.4 Å². The Morgan fingerprint density at radius 2 is 2.33 bits per heavy atom. The van der Waals surface area contributed by atoms with Crippen LogP contribution in [0, 0.1) is 0 Å². The summed E-state index contributed by atoms with van der Waals surface area (Å²) in [5.74, 6) is 0.863. The molecule has 0 amide bonds. The Morgan fingerprint density at radius 3 is 3.00 bits per heavy atom. The first-order valence-electron chi connectivity index (χ1n) is 5.80. The molecule has 0 saturated heterocycles. The van der Waals surface area contributed by atoms with Crippen LogP contribution in [0.4, 0.5) is 5.13 Å². The SMILES string of the molecule is COCCc1nsc(N(C)C(C)c2cccs2)n1. The highest BCUT2D eigenvalue weighted by atomic mass is 32.1. The van der Waals surface area contributed by atoms with Gasteiger partial charge in [0.1, 0.15) is 5.82 Å². The molecule has 2 rings (SSSR count). The molecule has 1 atom stereocenters. The lowest BCUT2D eigenvalue weighted by Crippen LogP contribution is -2.20. The maximum Gasteiger partial charge on any atom is 0.205 e. The standard InChI is InChI=1S/C12H17N3OS2/c1-9(10-5-4-8-17-10)15(2)12-13-11(14-18-12)6-7-16-3/h4-5,8-9H,6-7H2,1-3H3. The monoisotopic (exact) mass is 283 g/mol. The summed E-state index contributed by atoms with van der Waals surface area (Å²) < 4.78 is 9.39. The number of nitrogens with zero attached hydrogens (tertiary/aromatic N) is 3. The first kappa shape index (κ1) is 13.5. The summed E-state index contributed by atoms with van der Waals surface area (Å²) in [4.78, 5) is 8.04. The van der Waals surface area contributed by atoms with Crippen molar-refractivity contribution >= 4 is 28.0 Å². The molecule has 6 heteroatoms. The molecule has 0 spiro atoms. The average Bonchev–Trinajstić information content (AvgIpc) is 3.05. The van der Waals surface area contributed by atoms with Gasteiger partial charge < -0.3 is 9.64 Å². The Hall–Kier alpha value is -0.980. The number of ether oxygens (including phenoxy) is 1. The molecule has 0 aromatic carbocycles. The predicted molar refractivity (Wildman–Crippen MR) is 76.6 cm³/mol. The van der Waals surface area contributed by atoms with Gasteiger partial charge in [-0.15, -0.1) is 11.3 Å². The van der Waals surface area contributed by atoms with E-state index in [-0.39, 0.29) is 0 Å². The van der Waals surface area contributed by atoms with Crippen LogP contribution in [0.5, 0.6) is 0 Å². The van der Waals surface area contributed by atoms with Gasteiger partial charge in [0.05, 0.1) is 12.6 Å². The molecule has 2 aromatic rings. The van der Waals surface area contributed by atoms with Crippen molar-refractivity contribution in [2.75, 3.05) is 25.7 Å². The molecule has 0 aliphatic carbocycles. The van der Waals surface area contributed by atoms with Crippen LogP contribution in [0.15, 0.2) is 17.5 Å². The van der Waals surface area contributed by atoms with Gasteiger partial charge >= 0.3 is 0 Å². The summed E-state index contributed by atoms with van der Waals surface area (Å²) in [5, 5.41) is 3.06. The fourth-order valence-corrected chi connectivity index (χ4v) is 3.15. The second-order valence-electron chi connectivity index (χ2n) is 4.04. The second-order valence-corrected chi connectivity index (χ2v) is 5.75. The van der Waals surface area contributed by atoms with E-state index < -0.39 is 0 Å². The van der Waals surface area contributed by atoms with E-state index >= 15 is 0 Å². The van der Waals surface area contributed by atoms with Crippen molar-refractivity contribution in [1.29, 1.82) is 0 Å². The van der Waals surface area contributed by atoms with Crippen LogP contribution in [0.2, 0.25) is 0 Å². The lowest BCUT2D eigenvalue weighted by Gasteiger charge is -2.22. The summed E-state index contributed by atoms with van der Waals surface area (Å²) in [5.41, 5.74) is 0. The van der Waals surface area contributed by atoms with Crippen LogP contribution >= 0.6 is 22.9 Å². The summed E-state index contributed by atoms with van der Waals surface area (Å²) >= 11 is 3.22. The van der Waals surface area contributed by atoms with Crippen molar-refractivity contribution in [3.63, 3.8) is 0 Å². The molecule has 98 valence electrons. The summed E-state index contributed by atoms with van der Waals surface area (Å²) in [6.45, 7) is 2.85. The minimum atomic E-state index is 0.327. The first-order valence-corrected chi connectivity index (χ1v) is 7.45. The molecule has 4 nitrogen and oxygen atoms in total. The molecule has 18 heavy (non-hydrogen) atoms. The molecule has 2 heterocycles. The normalized spacial score (nSPS) is 12.6. The van der Waals surface area contributed by atoms with Crippen LogP contribution in [-0.4, -0.2) is 30.1 Å². The van der Waals surface area contributed by atoms with Gasteiger partial charge in [-0.3, -0.25) is 0 Å². The van der Waals surface area contributed by atoms with E-state index in [4.69, 9.17) is 4.74 Å². The van der Waals surface area contributed by atoms with Crippen LogP contribution in [0.1, 0.15) is 23.7 Å². The third-order valence-corrected chi connectivity index (χ3v) is 4.71. The van der Waals surface area contributed by atoms with Gasteiger partial charge in [0.25, 0.3) is 0 Å². The zero-order chi connectivity index (χ0) is 13.0. The largest absolute Gasteiger partial charge is 0.384 e. The van der Waals surface area contributed by atoms with E-state index in [2.05, 4.69) is 45.7 Å². The van der Waals surface area contributed by atoms with Gasteiger partial charge in [-0.05, 0) is 18.4 Å². The second kappa shape index (κ2) is 6.26. The molecular formula is C12H17N3OS2. The molecule has 1 unspecified atom stereocenters. The fraction of sp³-hybridized carbons (Fsp3) is 0.500. The third kappa shape index (κ3) is 3.07. The topological polar surface area (TPSA) is 38.2 Å². The summed E-state index contributed by atoms with van der Waals surface area (Å²) in [7, 11) is 3.75. The highest BCUT2D eigenvalue weighted by Gasteiger charge is 2.16. The molecular weight excluding hydrogens is 266 g/mol. The van der Waals surface area contributed by atoms with Gasteiger partial charge in [0.15, 0.2) is 0 Å². The Bertz CT molecular complexity index is 469. The minimum Gasteiger partial charge on any atom is -0.384 e. The highest BCUT2D eigenvalue weighted by Crippen LogP contribution is 2.29. The van der Waals surface area contributed by atoms with Gasteiger partial charge in [-0.25, -0.2) is 4.98 Å². The maximum absolute atomic E-state index is 5.03. The van der Waals surface area contributed by atoms with Gasteiger partial charge in [-0.1, -0.05) is 6.07 Å². The summed E-state index contributed by atoms with van der Waals surface area (Å²) in [6, 6.07) is 4.56. The number of methoxy groups -OCH3 is 1. The molecule has 0 radical (unpaired) electrons. The Labute approximate surface area is 115 Å². The van der Waals surface area contributed by atoms with Crippen LogP contribution in [0.3, 0.4) is 0 Å². The zero-order valence-electron chi connectivity index (χ0n) is 10.8. The number of thiophene rings is 1. The van der Waals surface area contributed by atoms with Crippen LogP contribution < -0.4 is 4.90 Å². The van der Waals surface area contributed by atoms with E-state index in [9.17, 15) is 0 Å². The molecule has 0 bridgehead atoms. The average molecular weight is 283 g/mol. The number of hydrogen-bond acceptors (Lipinski definition) is 6. The third-order valence-electron chi connectivity index (χ3n) is 2.82. The lowest BCUT2D eigenvalue weighted by atomic mass is 10.2. The minimum absolute atomic E-state index is 0.327. The number of hydrogen-bond donors (Lipinski definition) is 0.